The molecule has 0 aliphatic carbocycles. The van der Waals surface area contributed by atoms with Gasteiger partial charge in [0.25, 0.3) is 0 Å². The summed E-state index contributed by atoms with van der Waals surface area (Å²) in [6, 6.07) is 20.2. The van der Waals surface area contributed by atoms with E-state index in [2.05, 4.69) is 36.5 Å². The van der Waals surface area contributed by atoms with Gasteiger partial charge >= 0.3 is 5.97 Å². The highest BCUT2D eigenvalue weighted by atomic mass is 79.9. The third kappa shape index (κ3) is 6.12. The second-order valence-electron chi connectivity index (χ2n) is 8.85. The van der Waals surface area contributed by atoms with Crippen molar-refractivity contribution in [2.45, 2.75) is 25.8 Å². The SMILES string of the molecule is O=C(O)[C@@H](CO)NCc1c(OCc2cccnc2)cc(OCc2cccc(-c3ccccc3)c2Br)c2nonc12. The van der Waals surface area contributed by atoms with Crippen molar-refractivity contribution < 1.29 is 29.1 Å². The molecule has 40 heavy (non-hydrogen) atoms. The van der Waals surface area contributed by atoms with Gasteiger partial charge in [-0.1, -0.05) is 54.6 Å². The number of nitrogens with one attached hydrogen (secondary N) is 1. The summed E-state index contributed by atoms with van der Waals surface area (Å²) in [5, 5.41) is 29.7. The molecule has 204 valence electrons. The predicted octanol–water partition coefficient (Wildman–Crippen LogP) is 4.74. The number of hydrogen-bond acceptors (Lipinski definition) is 9. The van der Waals surface area contributed by atoms with Crippen molar-refractivity contribution in [3.8, 4) is 22.6 Å². The van der Waals surface area contributed by atoms with E-state index in [9.17, 15) is 15.0 Å². The maximum Gasteiger partial charge on any atom is 0.323 e. The highest BCUT2D eigenvalue weighted by molar-refractivity contribution is 9.10. The average molecular weight is 605 g/mol. The number of aliphatic carboxylic acids is 1. The first-order valence-corrected chi connectivity index (χ1v) is 13.2. The lowest BCUT2D eigenvalue weighted by Crippen LogP contribution is -2.39. The lowest BCUT2D eigenvalue weighted by molar-refractivity contribution is -0.140. The van der Waals surface area contributed by atoms with Gasteiger partial charge in [-0.2, -0.15) is 0 Å². The number of carboxylic acids is 1. The first-order chi connectivity index (χ1) is 19.5. The zero-order valence-corrected chi connectivity index (χ0v) is 22.7. The molecular weight excluding hydrogens is 580 g/mol. The fourth-order valence-electron chi connectivity index (χ4n) is 4.14. The van der Waals surface area contributed by atoms with Gasteiger partial charge < -0.3 is 19.7 Å². The van der Waals surface area contributed by atoms with Gasteiger partial charge in [-0.15, -0.1) is 0 Å². The topological polar surface area (TPSA) is 140 Å². The number of carboxylic acid groups (broad SMARTS) is 1. The maximum atomic E-state index is 11.4. The first-order valence-electron chi connectivity index (χ1n) is 12.4. The Hall–Kier alpha value is -4.32. The molecule has 0 unspecified atom stereocenters. The van der Waals surface area contributed by atoms with E-state index in [1.54, 1.807) is 24.5 Å². The van der Waals surface area contributed by atoms with Crippen LogP contribution in [0.5, 0.6) is 11.5 Å². The standard InChI is InChI=1S/C29H25BrN4O6/c30-26-20(9-4-10-21(26)19-7-2-1-3-8-19)17-39-25-12-24(38-16-18-6-5-11-31-13-18)22(27-28(25)34-40-33-27)14-32-23(15-35)29(36)37/h1-13,23,32,35H,14-17H2,(H,36,37)/t23-/m1/s1. The van der Waals surface area contributed by atoms with Crippen molar-refractivity contribution in [1.82, 2.24) is 20.6 Å². The number of carbonyl (C=O) groups is 1. The molecule has 0 fully saturated rings. The number of aromatic nitrogens is 3. The van der Waals surface area contributed by atoms with Crippen molar-refractivity contribution in [3.05, 3.63) is 100 Å². The Bertz CT molecular complexity index is 1600. The van der Waals surface area contributed by atoms with Crippen LogP contribution in [0.15, 0.2) is 88.2 Å². The van der Waals surface area contributed by atoms with Crippen molar-refractivity contribution in [3.63, 3.8) is 0 Å². The van der Waals surface area contributed by atoms with Crippen molar-refractivity contribution >= 4 is 32.9 Å². The molecule has 5 aromatic rings. The Morgan fingerprint density at radius 1 is 0.975 bits per heavy atom. The van der Waals surface area contributed by atoms with Gasteiger partial charge in [0.15, 0.2) is 11.3 Å². The minimum atomic E-state index is -1.18. The van der Waals surface area contributed by atoms with Gasteiger partial charge in [0.1, 0.15) is 30.5 Å². The van der Waals surface area contributed by atoms with E-state index in [-0.39, 0.29) is 19.8 Å². The van der Waals surface area contributed by atoms with Gasteiger partial charge in [0.05, 0.1) is 6.61 Å². The lowest BCUT2D eigenvalue weighted by Gasteiger charge is -2.17. The molecule has 11 heteroatoms. The van der Waals surface area contributed by atoms with Crippen LogP contribution in [0, 0.1) is 0 Å². The number of rotatable bonds is 12. The molecule has 0 aliphatic heterocycles. The van der Waals surface area contributed by atoms with Crippen LogP contribution in [0.4, 0.5) is 0 Å². The van der Waals surface area contributed by atoms with Gasteiger partial charge in [-0.05, 0) is 43.4 Å². The number of fused-ring (bicyclic) bond motifs is 1. The third-order valence-corrected chi connectivity index (χ3v) is 7.17. The first kappa shape index (κ1) is 27.3. The molecule has 3 N–H and O–H groups in total. The van der Waals surface area contributed by atoms with Crippen LogP contribution in [0.2, 0.25) is 0 Å². The molecule has 1 atom stereocenters. The van der Waals surface area contributed by atoms with Gasteiger partial charge in [0.2, 0.25) is 0 Å². The maximum absolute atomic E-state index is 11.4. The smallest absolute Gasteiger partial charge is 0.323 e. The summed E-state index contributed by atoms with van der Waals surface area (Å²) in [6.45, 7) is -0.145. The number of nitrogens with zero attached hydrogens (tertiary/aromatic N) is 3. The molecule has 0 amide bonds. The Morgan fingerprint density at radius 2 is 1.77 bits per heavy atom. The Balaban J connectivity index is 1.46. The Morgan fingerprint density at radius 3 is 2.52 bits per heavy atom. The summed E-state index contributed by atoms with van der Waals surface area (Å²) >= 11 is 3.73. The fraction of sp³-hybridized carbons (Fsp3) is 0.172. The molecule has 5 rings (SSSR count). The third-order valence-electron chi connectivity index (χ3n) is 6.24. The Kier molecular flexibility index (Phi) is 8.65. The minimum absolute atomic E-state index is 0.0234. The number of pyridine rings is 1. The van der Waals surface area contributed by atoms with Crippen LogP contribution < -0.4 is 14.8 Å². The number of halogens is 1. The van der Waals surface area contributed by atoms with E-state index < -0.39 is 18.6 Å². The number of ether oxygens (including phenoxy) is 2. The lowest BCUT2D eigenvalue weighted by atomic mass is 10.0. The quantitative estimate of drug-likeness (QED) is 0.183. The van der Waals surface area contributed by atoms with Crippen LogP contribution in [-0.2, 0) is 24.6 Å². The molecule has 10 nitrogen and oxygen atoms in total. The summed E-state index contributed by atoms with van der Waals surface area (Å²) < 4.78 is 18.3. The highest BCUT2D eigenvalue weighted by Gasteiger charge is 2.23. The molecule has 0 saturated heterocycles. The zero-order chi connectivity index (χ0) is 27.9. The van der Waals surface area contributed by atoms with Gasteiger partial charge in [-0.25, -0.2) is 4.63 Å². The van der Waals surface area contributed by atoms with Crippen LogP contribution in [0.1, 0.15) is 16.7 Å². The number of hydrogen-bond donors (Lipinski definition) is 3. The normalized spacial score (nSPS) is 11.8. The molecule has 0 radical (unpaired) electrons. The molecule has 0 aliphatic rings. The second kappa shape index (κ2) is 12.7. The number of aliphatic hydroxyl groups excluding tert-OH is 1. The van der Waals surface area contributed by atoms with Crippen LogP contribution in [0.25, 0.3) is 22.2 Å². The number of benzene rings is 3. The predicted molar refractivity (Wildman–Crippen MR) is 150 cm³/mol. The van der Waals surface area contributed by atoms with Crippen molar-refractivity contribution in [2.75, 3.05) is 6.61 Å². The van der Waals surface area contributed by atoms with Gasteiger partial charge in [-0.3, -0.25) is 15.1 Å². The van der Waals surface area contributed by atoms with E-state index in [0.717, 1.165) is 26.7 Å². The molecular formula is C29H25BrN4O6. The largest absolute Gasteiger partial charge is 0.488 e. The molecule has 0 bridgehead atoms. The summed E-state index contributed by atoms with van der Waals surface area (Å²) in [6.07, 6.45) is 3.36. The number of aliphatic hydroxyl groups is 1. The fourth-order valence-corrected chi connectivity index (χ4v) is 4.74. The van der Waals surface area contributed by atoms with Crippen molar-refractivity contribution in [2.24, 2.45) is 0 Å². The monoisotopic (exact) mass is 604 g/mol. The summed E-state index contributed by atoms with van der Waals surface area (Å²) in [7, 11) is 0. The second-order valence-corrected chi connectivity index (χ2v) is 9.64. The van der Waals surface area contributed by atoms with Crippen LogP contribution in [-0.4, -0.2) is 44.1 Å². The molecule has 3 aromatic carbocycles. The van der Waals surface area contributed by atoms with E-state index in [1.807, 2.05) is 54.6 Å². The molecule has 2 heterocycles. The Labute approximate surface area is 237 Å². The molecule has 0 spiro atoms. The highest BCUT2D eigenvalue weighted by Crippen LogP contribution is 2.36. The van der Waals surface area contributed by atoms with E-state index >= 15 is 0 Å². The zero-order valence-electron chi connectivity index (χ0n) is 21.2. The minimum Gasteiger partial charge on any atom is -0.488 e. The van der Waals surface area contributed by atoms with E-state index in [1.165, 1.54) is 0 Å². The summed E-state index contributed by atoms with van der Waals surface area (Å²) in [4.78, 5) is 15.6. The van der Waals surface area contributed by atoms with Crippen LogP contribution in [0.3, 0.4) is 0 Å². The van der Waals surface area contributed by atoms with E-state index in [4.69, 9.17) is 14.1 Å². The molecule has 2 aromatic heterocycles. The van der Waals surface area contributed by atoms with Gasteiger partial charge in [0, 0.05) is 46.2 Å². The van der Waals surface area contributed by atoms with E-state index in [0.29, 0.717) is 28.1 Å². The van der Waals surface area contributed by atoms with Crippen molar-refractivity contribution in [1.29, 1.82) is 0 Å². The summed E-state index contributed by atoms with van der Waals surface area (Å²) in [5.74, 6) is -0.401. The summed E-state index contributed by atoms with van der Waals surface area (Å²) in [5.41, 5.74) is 5.09. The molecule has 0 saturated carbocycles. The van der Waals surface area contributed by atoms with Crippen LogP contribution >= 0.6 is 15.9 Å². The average Bonchev–Trinajstić information content (AvgIpc) is 3.47.